The van der Waals surface area contributed by atoms with Gasteiger partial charge in [0.05, 0.1) is 0 Å². The van der Waals surface area contributed by atoms with E-state index in [0.717, 1.165) is 0 Å². The molecule has 0 saturated carbocycles. The topological polar surface area (TPSA) is 0 Å². The van der Waals surface area contributed by atoms with Crippen LogP contribution in [0.3, 0.4) is 0 Å². The number of benzene rings is 4. The molecule has 4 aromatic carbocycles. The molecule has 3 aliphatic rings. The van der Waals surface area contributed by atoms with Crippen molar-refractivity contribution in [3.63, 3.8) is 0 Å². The second-order valence-electron chi connectivity index (χ2n) is 10.5. The van der Waals surface area contributed by atoms with Crippen molar-refractivity contribution < 1.29 is 20.3 Å². The molecule has 4 aromatic rings. The third-order valence-electron chi connectivity index (χ3n) is 8.72. The molecule has 2 aliphatic carbocycles. The molecular weight excluding hydrogens is 504 g/mol. The van der Waals surface area contributed by atoms with Crippen LogP contribution in [0.15, 0.2) is 120 Å². The van der Waals surface area contributed by atoms with Crippen LogP contribution in [0, 0.1) is 0 Å². The van der Waals surface area contributed by atoms with Gasteiger partial charge in [0.25, 0.3) is 0 Å². The summed E-state index contributed by atoms with van der Waals surface area (Å²) >= 11 is -3.51. The molecule has 2 unspecified atom stereocenters. The van der Waals surface area contributed by atoms with E-state index in [1.54, 1.807) is 28.1 Å². The van der Waals surface area contributed by atoms with Crippen LogP contribution in [0.4, 0.5) is 0 Å². The van der Waals surface area contributed by atoms with Crippen LogP contribution in [0.1, 0.15) is 29.5 Å². The van der Waals surface area contributed by atoms with Crippen molar-refractivity contribution in [1.82, 2.24) is 0 Å². The van der Waals surface area contributed by atoms with Crippen LogP contribution in [-0.4, -0.2) is 8.07 Å². The number of fused-ring (bicyclic) bond motifs is 6. The fraction of sp³-hybridized carbons (Fsp3) is 0.125. The molecule has 1 aliphatic heterocycles. The van der Waals surface area contributed by atoms with Crippen LogP contribution in [0.2, 0.25) is 13.1 Å². The Kier molecular flexibility index (Phi) is 4.57. The van der Waals surface area contributed by atoms with Gasteiger partial charge >= 0.3 is 209 Å². The van der Waals surface area contributed by atoms with Crippen molar-refractivity contribution in [2.24, 2.45) is 0 Å². The standard InChI is InChI=1S/C20H18Si.2C6H5.Zr/c1-21(2,19-11-15-7-3-4-8-16(15)12-19)20-13-17-9-5-6-10-18(17)14-20;2*1-2-4-6-5-3-1;/h3-14H,1-2H3;2*1-5H;. The number of hydrogen-bond acceptors (Lipinski definition) is 0. The van der Waals surface area contributed by atoms with E-state index >= 15 is 0 Å². The summed E-state index contributed by atoms with van der Waals surface area (Å²) in [6.07, 6.45) is 5.23. The average Bonchev–Trinajstić information content (AvgIpc) is 3.48. The van der Waals surface area contributed by atoms with E-state index in [2.05, 4.69) is 134 Å². The first-order chi connectivity index (χ1) is 16.6. The molecule has 1 heterocycles. The SMILES string of the molecule is C[Si]1(C)C2=Cc3ccccc3[CH]2[Zr]([c]2ccccc2)([c]2ccccc2)[CH]2C1=Cc1ccccc12. The first kappa shape index (κ1) is 20.8. The first-order valence-corrected chi connectivity index (χ1v) is 20.7. The van der Waals surface area contributed by atoms with Crippen molar-refractivity contribution in [3.8, 4) is 0 Å². The van der Waals surface area contributed by atoms with Crippen LogP contribution in [0.25, 0.3) is 12.2 Å². The quantitative estimate of drug-likeness (QED) is 0.248. The van der Waals surface area contributed by atoms with E-state index in [4.69, 9.17) is 0 Å². The van der Waals surface area contributed by atoms with Gasteiger partial charge in [0.15, 0.2) is 0 Å². The Labute approximate surface area is 208 Å². The maximum absolute atomic E-state index is 3.51. The monoisotopic (exact) mass is 530 g/mol. The van der Waals surface area contributed by atoms with Gasteiger partial charge in [0.1, 0.15) is 0 Å². The second kappa shape index (κ2) is 7.48. The molecular formula is C32H28SiZr. The molecule has 34 heavy (non-hydrogen) atoms. The molecule has 0 bridgehead atoms. The van der Waals surface area contributed by atoms with Gasteiger partial charge in [-0.1, -0.05) is 0 Å². The Morgan fingerprint density at radius 3 is 1.32 bits per heavy atom. The predicted octanol–water partition coefficient (Wildman–Crippen LogP) is 6.87. The van der Waals surface area contributed by atoms with Crippen LogP contribution in [0.5, 0.6) is 0 Å². The summed E-state index contributed by atoms with van der Waals surface area (Å²) < 4.78 is 4.36. The molecule has 0 spiro atoms. The number of allylic oxidation sites excluding steroid dienone is 2. The summed E-state index contributed by atoms with van der Waals surface area (Å²) in [7, 11) is -1.83. The Balaban J connectivity index is 1.67. The van der Waals surface area contributed by atoms with Gasteiger partial charge in [-0.25, -0.2) is 0 Å². The fourth-order valence-corrected chi connectivity index (χ4v) is 33.5. The molecule has 0 N–H and O–H groups in total. The summed E-state index contributed by atoms with van der Waals surface area (Å²) in [6.45, 7) is 5.24. The summed E-state index contributed by atoms with van der Waals surface area (Å²) in [5.74, 6) is 0. The Bertz CT molecular complexity index is 1370. The summed E-state index contributed by atoms with van der Waals surface area (Å²) in [5, 5.41) is 3.54. The zero-order valence-corrected chi connectivity index (χ0v) is 23.2. The van der Waals surface area contributed by atoms with Gasteiger partial charge in [-0.3, -0.25) is 0 Å². The molecule has 164 valence electrons. The first-order valence-electron chi connectivity index (χ1n) is 12.4. The fourth-order valence-electron chi connectivity index (χ4n) is 7.31. The normalized spacial score (nSPS) is 22.6. The molecule has 0 amide bonds. The minimum absolute atomic E-state index is 0.547. The average molecular weight is 532 g/mol. The van der Waals surface area contributed by atoms with E-state index in [9.17, 15) is 0 Å². The van der Waals surface area contributed by atoms with E-state index < -0.39 is 28.3 Å². The molecule has 1 fully saturated rings. The maximum atomic E-state index is 2.62. The Morgan fingerprint density at radius 2 is 0.882 bits per heavy atom. The molecule has 0 radical (unpaired) electrons. The molecule has 0 nitrogen and oxygen atoms in total. The van der Waals surface area contributed by atoms with E-state index in [1.165, 1.54) is 11.1 Å². The van der Waals surface area contributed by atoms with Crippen LogP contribution >= 0.6 is 0 Å². The van der Waals surface area contributed by atoms with Crippen molar-refractivity contribution in [2.75, 3.05) is 0 Å². The van der Waals surface area contributed by atoms with Gasteiger partial charge in [-0.2, -0.15) is 0 Å². The molecule has 2 atom stereocenters. The molecule has 1 saturated heterocycles. The zero-order valence-electron chi connectivity index (χ0n) is 19.7. The third-order valence-corrected chi connectivity index (χ3v) is 27.8. The summed E-state index contributed by atoms with van der Waals surface area (Å²) in [6, 6.07) is 42.0. The van der Waals surface area contributed by atoms with Crippen molar-refractivity contribution >= 4 is 26.8 Å². The van der Waals surface area contributed by atoms with Crippen LogP contribution in [-0.2, 0) is 20.3 Å². The molecule has 0 aromatic heterocycles. The summed E-state index contributed by atoms with van der Waals surface area (Å²) in [5.41, 5.74) is 6.10. The number of hydrogen-bond donors (Lipinski definition) is 0. The molecule has 2 heteroatoms. The van der Waals surface area contributed by atoms with Crippen molar-refractivity contribution in [2.45, 2.75) is 20.3 Å². The van der Waals surface area contributed by atoms with Gasteiger partial charge in [-0.15, -0.1) is 0 Å². The predicted molar refractivity (Wildman–Crippen MR) is 144 cm³/mol. The van der Waals surface area contributed by atoms with E-state index in [0.29, 0.717) is 7.25 Å². The summed E-state index contributed by atoms with van der Waals surface area (Å²) in [4.78, 5) is 0. The van der Waals surface area contributed by atoms with Gasteiger partial charge < -0.3 is 0 Å². The third kappa shape index (κ3) is 2.62. The van der Waals surface area contributed by atoms with Gasteiger partial charge in [0, 0.05) is 0 Å². The van der Waals surface area contributed by atoms with E-state index in [-0.39, 0.29) is 0 Å². The Hall–Kier alpha value is -2.54. The second-order valence-corrected chi connectivity index (χ2v) is 24.9. The van der Waals surface area contributed by atoms with Crippen molar-refractivity contribution in [1.29, 1.82) is 0 Å². The Morgan fingerprint density at radius 1 is 0.500 bits per heavy atom. The van der Waals surface area contributed by atoms with E-state index in [1.807, 2.05) is 0 Å². The molecule has 7 rings (SSSR count). The van der Waals surface area contributed by atoms with Crippen molar-refractivity contribution in [3.05, 3.63) is 142 Å². The van der Waals surface area contributed by atoms with Gasteiger partial charge in [0.2, 0.25) is 0 Å². The van der Waals surface area contributed by atoms with Gasteiger partial charge in [-0.05, 0) is 0 Å². The number of rotatable bonds is 2. The minimum atomic E-state index is -3.51. The van der Waals surface area contributed by atoms with Crippen LogP contribution < -0.4 is 6.54 Å². The zero-order chi connectivity index (χ0) is 22.9.